The number of amides is 2. The summed E-state index contributed by atoms with van der Waals surface area (Å²) in [5.41, 5.74) is 0. The van der Waals surface area contributed by atoms with Gasteiger partial charge in [0.2, 0.25) is 11.8 Å². The highest BCUT2D eigenvalue weighted by atomic mass is 32.2. The lowest BCUT2D eigenvalue weighted by atomic mass is 10.3. The van der Waals surface area contributed by atoms with Gasteiger partial charge < -0.3 is 0 Å². The molecule has 0 aromatic carbocycles. The minimum atomic E-state index is -0.0810. The Hall–Kier alpha value is -0.510. The number of hydrogen-bond acceptors (Lipinski definition) is 3. The first-order valence-corrected chi connectivity index (χ1v) is 3.34. The molecule has 0 atom stereocenters. The Bertz CT molecular complexity index is 131. The van der Waals surface area contributed by atoms with E-state index in [2.05, 4.69) is 0 Å². The van der Waals surface area contributed by atoms with E-state index in [-0.39, 0.29) is 18.2 Å². The van der Waals surface area contributed by atoms with Crippen LogP contribution in [0.3, 0.4) is 0 Å². The Morgan fingerprint density at radius 3 is 2.12 bits per heavy atom. The molecule has 0 saturated carbocycles. The molecule has 44 valence electrons. The van der Waals surface area contributed by atoms with Gasteiger partial charge in [-0.1, -0.05) is 0 Å². The largest absolute Gasteiger partial charge is 0.273 e. The van der Waals surface area contributed by atoms with Gasteiger partial charge in [-0.05, 0) is 11.9 Å². The lowest BCUT2D eigenvalue weighted by molar-refractivity contribution is -0.149. The summed E-state index contributed by atoms with van der Waals surface area (Å²) < 4.78 is 1.15. The van der Waals surface area contributed by atoms with Crippen LogP contribution in [0.25, 0.3) is 0 Å². The number of nitrogens with zero attached hydrogens (tertiary/aromatic N) is 1. The van der Waals surface area contributed by atoms with Gasteiger partial charge in [-0.3, -0.25) is 9.59 Å². The van der Waals surface area contributed by atoms with E-state index in [1.165, 1.54) is 0 Å². The number of imide groups is 1. The van der Waals surface area contributed by atoms with Crippen LogP contribution < -0.4 is 0 Å². The van der Waals surface area contributed by atoms with Crippen molar-refractivity contribution in [2.45, 2.75) is 6.42 Å². The van der Waals surface area contributed by atoms with Gasteiger partial charge in [0.05, 0.1) is 0 Å². The summed E-state index contributed by atoms with van der Waals surface area (Å²) in [7, 11) is 0. The van der Waals surface area contributed by atoms with Crippen molar-refractivity contribution in [2.24, 2.45) is 0 Å². The van der Waals surface area contributed by atoms with Gasteiger partial charge >= 0.3 is 0 Å². The van der Waals surface area contributed by atoms with Gasteiger partial charge in [-0.25, -0.2) is 4.31 Å². The van der Waals surface area contributed by atoms with E-state index in [1.54, 1.807) is 6.26 Å². The predicted octanol–water partition coefficient (Wildman–Crippen LogP) is 0.0233. The monoisotopic (exact) mass is 131 g/mol. The third kappa shape index (κ3) is 0.608. The molecule has 3 nitrogen and oxygen atoms in total. The molecule has 0 bridgehead atoms. The average Bonchev–Trinajstić information content (AvgIpc) is 1.67. The standard InChI is InChI=1S/C4H5NO2S/c1-8-5-3(6)2-4(5)7/h2H2,1H3. The van der Waals surface area contributed by atoms with Crippen molar-refractivity contribution < 1.29 is 9.59 Å². The van der Waals surface area contributed by atoms with Crippen molar-refractivity contribution in [1.82, 2.24) is 4.31 Å². The molecule has 0 aliphatic carbocycles. The van der Waals surface area contributed by atoms with Gasteiger partial charge in [0.1, 0.15) is 6.42 Å². The normalized spacial score (nSPS) is 18.9. The molecule has 0 spiro atoms. The van der Waals surface area contributed by atoms with Crippen LogP contribution in [0.5, 0.6) is 0 Å². The van der Waals surface area contributed by atoms with E-state index < -0.39 is 0 Å². The summed E-state index contributed by atoms with van der Waals surface area (Å²) in [6.07, 6.45) is 1.80. The first-order chi connectivity index (χ1) is 3.75. The zero-order valence-corrected chi connectivity index (χ0v) is 5.20. The molecule has 8 heavy (non-hydrogen) atoms. The zero-order valence-electron chi connectivity index (χ0n) is 4.38. The quantitative estimate of drug-likeness (QED) is 0.286. The van der Waals surface area contributed by atoms with Crippen LogP contribution in [-0.4, -0.2) is 22.4 Å². The lowest BCUT2D eigenvalue weighted by Gasteiger charge is -2.24. The first-order valence-electron chi connectivity index (χ1n) is 2.15. The average molecular weight is 131 g/mol. The molecule has 0 radical (unpaired) electrons. The molecule has 1 fully saturated rings. The second kappa shape index (κ2) is 1.78. The highest BCUT2D eigenvalue weighted by Gasteiger charge is 2.33. The molecule has 1 rings (SSSR count). The third-order valence-corrected chi connectivity index (χ3v) is 1.71. The van der Waals surface area contributed by atoms with Crippen LogP contribution in [0, 0.1) is 0 Å². The summed E-state index contributed by atoms with van der Waals surface area (Å²) in [5, 5.41) is 0. The molecule has 4 heteroatoms. The minimum Gasteiger partial charge on any atom is -0.273 e. The fourth-order valence-electron chi connectivity index (χ4n) is 0.524. The summed E-state index contributed by atoms with van der Waals surface area (Å²) in [6, 6.07) is 0. The second-order valence-corrected chi connectivity index (χ2v) is 2.17. The van der Waals surface area contributed by atoms with Crippen molar-refractivity contribution >= 4 is 23.8 Å². The highest BCUT2D eigenvalue weighted by molar-refractivity contribution is 7.97. The smallest absolute Gasteiger partial charge is 0.248 e. The van der Waals surface area contributed by atoms with Crippen molar-refractivity contribution in [1.29, 1.82) is 0 Å². The van der Waals surface area contributed by atoms with Crippen LogP contribution in [-0.2, 0) is 9.59 Å². The minimum absolute atomic E-state index is 0.0810. The number of hydrogen-bond donors (Lipinski definition) is 0. The SMILES string of the molecule is CSN1C(=O)CC1=O. The van der Waals surface area contributed by atoms with Crippen molar-refractivity contribution in [3.05, 3.63) is 0 Å². The van der Waals surface area contributed by atoms with E-state index >= 15 is 0 Å². The van der Waals surface area contributed by atoms with E-state index in [0.29, 0.717) is 0 Å². The molecule has 2 amide bonds. The number of carbonyl (C=O) groups is 2. The number of β-lactam (4-membered cyclic amide) rings is 2. The maximum absolute atomic E-state index is 10.4. The molecule has 1 aliphatic heterocycles. The van der Waals surface area contributed by atoms with E-state index in [4.69, 9.17) is 0 Å². The van der Waals surface area contributed by atoms with Gasteiger partial charge in [0.25, 0.3) is 0 Å². The maximum Gasteiger partial charge on any atom is 0.248 e. The highest BCUT2D eigenvalue weighted by Crippen LogP contribution is 2.18. The summed E-state index contributed by atoms with van der Waals surface area (Å²) in [4.78, 5) is 20.7. The summed E-state index contributed by atoms with van der Waals surface area (Å²) in [6.45, 7) is 0. The molecule has 1 aliphatic rings. The van der Waals surface area contributed by atoms with Gasteiger partial charge in [0, 0.05) is 6.26 Å². The van der Waals surface area contributed by atoms with Crippen LogP contribution >= 0.6 is 11.9 Å². The topological polar surface area (TPSA) is 37.4 Å². The van der Waals surface area contributed by atoms with Crippen LogP contribution in [0.4, 0.5) is 0 Å². The first kappa shape index (κ1) is 5.62. The van der Waals surface area contributed by atoms with Crippen molar-refractivity contribution in [2.75, 3.05) is 6.26 Å². The molecule has 0 N–H and O–H groups in total. The maximum atomic E-state index is 10.4. The predicted molar refractivity (Wildman–Crippen MR) is 30.0 cm³/mol. The van der Waals surface area contributed by atoms with E-state index in [0.717, 1.165) is 16.3 Å². The van der Waals surface area contributed by atoms with Crippen molar-refractivity contribution in [3.8, 4) is 0 Å². The van der Waals surface area contributed by atoms with E-state index in [9.17, 15) is 9.59 Å². The van der Waals surface area contributed by atoms with Gasteiger partial charge in [0.15, 0.2) is 0 Å². The van der Waals surface area contributed by atoms with Crippen molar-refractivity contribution in [3.63, 3.8) is 0 Å². The Kier molecular flexibility index (Phi) is 1.25. The molecular formula is C4H5NO2S. The second-order valence-electron chi connectivity index (χ2n) is 1.44. The van der Waals surface area contributed by atoms with Crippen LogP contribution in [0.2, 0.25) is 0 Å². The Morgan fingerprint density at radius 2 is 2.00 bits per heavy atom. The summed E-state index contributed by atoms with van der Waals surface area (Å²) >= 11 is 1.16. The molecule has 0 aromatic rings. The fraction of sp³-hybridized carbons (Fsp3) is 0.500. The Labute approximate surface area is 51.2 Å². The van der Waals surface area contributed by atoms with Crippen LogP contribution in [0.15, 0.2) is 0 Å². The Balaban J connectivity index is 2.52. The number of carbonyl (C=O) groups excluding carboxylic acids is 2. The molecule has 0 aromatic heterocycles. The fourth-order valence-corrected chi connectivity index (χ4v) is 1.06. The lowest BCUT2D eigenvalue weighted by Crippen LogP contribution is -2.43. The molecule has 0 unspecified atom stereocenters. The van der Waals surface area contributed by atoms with Gasteiger partial charge in [-0.2, -0.15) is 0 Å². The Morgan fingerprint density at radius 1 is 1.50 bits per heavy atom. The van der Waals surface area contributed by atoms with E-state index in [1.807, 2.05) is 0 Å². The molecule has 1 heterocycles. The molecular weight excluding hydrogens is 126 g/mol. The van der Waals surface area contributed by atoms with Crippen LogP contribution in [0.1, 0.15) is 6.42 Å². The third-order valence-electron chi connectivity index (χ3n) is 0.938. The zero-order chi connectivity index (χ0) is 6.15. The summed E-state index contributed by atoms with van der Waals surface area (Å²) in [5.74, 6) is -0.162. The van der Waals surface area contributed by atoms with Gasteiger partial charge in [-0.15, -0.1) is 0 Å². The number of rotatable bonds is 1. The molecule has 1 saturated heterocycles.